The van der Waals surface area contributed by atoms with Crippen LogP contribution in [-0.4, -0.2) is 41.6 Å². The van der Waals surface area contributed by atoms with E-state index in [1.54, 1.807) is 36.9 Å². The second-order valence-electron chi connectivity index (χ2n) is 8.73. The lowest BCUT2D eigenvalue weighted by molar-refractivity contribution is -0.162. The summed E-state index contributed by atoms with van der Waals surface area (Å²) in [5.74, 6) is -0.571. The molecule has 0 spiro atoms. The van der Waals surface area contributed by atoms with Crippen molar-refractivity contribution >= 4 is 22.5 Å². The maximum Gasteiger partial charge on any atom is 0.408 e. The van der Waals surface area contributed by atoms with Crippen molar-refractivity contribution in [1.29, 1.82) is 0 Å². The van der Waals surface area contributed by atoms with Gasteiger partial charge in [-0.1, -0.05) is 25.1 Å². The van der Waals surface area contributed by atoms with E-state index in [9.17, 15) is 22.8 Å². The van der Waals surface area contributed by atoms with E-state index in [4.69, 9.17) is 0 Å². The standard InChI is InChI=1S/C26H23F3N6O2/c1-3-21(26(27,28)29)32-23(36)14-34-19-8-4-6-16(2)24(19)35(25(34)37)22-10-9-17(12-31-22)18-7-5-11-33-15-30-13-20(18)33/h4-13,15,21H,3,14H2,1-2H3,(H,32,36). The van der Waals surface area contributed by atoms with Crippen LogP contribution in [0.3, 0.4) is 0 Å². The predicted molar refractivity (Wildman–Crippen MR) is 133 cm³/mol. The van der Waals surface area contributed by atoms with Gasteiger partial charge in [-0.05, 0) is 43.2 Å². The first-order chi connectivity index (χ1) is 17.7. The minimum absolute atomic E-state index is 0.311. The molecule has 0 aliphatic rings. The number of amides is 1. The van der Waals surface area contributed by atoms with E-state index >= 15 is 0 Å². The molecule has 11 heteroatoms. The molecular weight excluding hydrogens is 485 g/mol. The topological polar surface area (TPSA) is 86.2 Å². The molecule has 37 heavy (non-hydrogen) atoms. The van der Waals surface area contributed by atoms with Crippen molar-refractivity contribution in [2.45, 2.75) is 39.0 Å². The first-order valence-corrected chi connectivity index (χ1v) is 11.6. The highest BCUT2D eigenvalue weighted by Gasteiger charge is 2.39. The molecule has 1 N–H and O–H groups in total. The maximum absolute atomic E-state index is 13.5. The first-order valence-electron chi connectivity index (χ1n) is 11.6. The predicted octanol–water partition coefficient (Wildman–Crippen LogP) is 4.27. The Hall–Kier alpha value is -4.41. The summed E-state index contributed by atoms with van der Waals surface area (Å²) in [7, 11) is 0. The van der Waals surface area contributed by atoms with E-state index in [2.05, 4.69) is 9.97 Å². The number of halogens is 3. The number of aromatic nitrogens is 5. The first kappa shape index (κ1) is 24.3. The van der Waals surface area contributed by atoms with Crippen LogP contribution in [0.15, 0.2) is 72.2 Å². The minimum atomic E-state index is -4.58. The number of hydrogen-bond donors (Lipinski definition) is 1. The summed E-state index contributed by atoms with van der Waals surface area (Å²) in [4.78, 5) is 34.7. The Kier molecular flexibility index (Phi) is 6.06. The third-order valence-electron chi connectivity index (χ3n) is 6.33. The van der Waals surface area contributed by atoms with Crippen molar-refractivity contribution in [3.63, 3.8) is 0 Å². The average molecular weight is 509 g/mol. The second kappa shape index (κ2) is 9.23. The molecule has 5 rings (SSSR count). The van der Waals surface area contributed by atoms with E-state index in [1.165, 1.54) is 16.1 Å². The van der Waals surface area contributed by atoms with Crippen molar-refractivity contribution in [1.82, 2.24) is 28.8 Å². The molecule has 0 bridgehead atoms. The van der Waals surface area contributed by atoms with Gasteiger partial charge in [0.15, 0.2) is 0 Å². The lowest BCUT2D eigenvalue weighted by Crippen LogP contribution is -2.46. The molecule has 0 aliphatic carbocycles. The number of hydrogen-bond acceptors (Lipinski definition) is 4. The third kappa shape index (κ3) is 4.37. The van der Waals surface area contributed by atoms with E-state index in [0.29, 0.717) is 16.9 Å². The zero-order valence-electron chi connectivity index (χ0n) is 20.0. The molecule has 0 fully saturated rings. The number of nitrogens with one attached hydrogen (secondary N) is 1. The zero-order chi connectivity index (χ0) is 26.3. The van der Waals surface area contributed by atoms with Crippen LogP contribution in [0.5, 0.6) is 0 Å². The van der Waals surface area contributed by atoms with E-state index in [0.717, 1.165) is 22.2 Å². The van der Waals surface area contributed by atoms with Crippen LogP contribution in [0.25, 0.3) is 33.5 Å². The van der Waals surface area contributed by atoms with Crippen LogP contribution in [0.1, 0.15) is 18.9 Å². The normalized spacial score (nSPS) is 12.8. The highest BCUT2D eigenvalue weighted by atomic mass is 19.4. The van der Waals surface area contributed by atoms with E-state index in [1.807, 2.05) is 47.1 Å². The fraction of sp³-hybridized carbons (Fsp3) is 0.231. The number of imidazole rings is 2. The van der Waals surface area contributed by atoms with Gasteiger partial charge in [0.05, 0.1) is 29.1 Å². The quantitative estimate of drug-likeness (QED) is 0.371. The summed E-state index contributed by atoms with van der Waals surface area (Å²) in [6.45, 7) is 2.59. The number of fused-ring (bicyclic) bond motifs is 2. The summed E-state index contributed by atoms with van der Waals surface area (Å²) < 4.78 is 43.9. The smallest absolute Gasteiger partial charge is 0.343 e. The number of para-hydroxylation sites is 1. The molecule has 0 aliphatic heterocycles. The van der Waals surface area contributed by atoms with E-state index < -0.39 is 30.4 Å². The molecule has 0 radical (unpaired) electrons. The van der Waals surface area contributed by atoms with Crippen LogP contribution in [-0.2, 0) is 11.3 Å². The Morgan fingerprint density at radius 3 is 2.59 bits per heavy atom. The fourth-order valence-electron chi connectivity index (χ4n) is 4.51. The summed E-state index contributed by atoms with van der Waals surface area (Å²) in [6.07, 6.45) is 2.09. The van der Waals surface area contributed by atoms with Crippen molar-refractivity contribution in [2.75, 3.05) is 0 Å². The van der Waals surface area contributed by atoms with Crippen molar-refractivity contribution < 1.29 is 18.0 Å². The Morgan fingerprint density at radius 2 is 1.89 bits per heavy atom. The Balaban J connectivity index is 1.55. The molecule has 190 valence electrons. The molecule has 1 unspecified atom stereocenters. The van der Waals surface area contributed by atoms with Gasteiger partial charge in [0.1, 0.15) is 18.4 Å². The molecule has 1 aromatic carbocycles. The van der Waals surface area contributed by atoms with Crippen LogP contribution in [0, 0.1) is 6.92 Å². The van der Waals surface area contributed by atoms with Crippen LogP contribution < -0.4 is 11.0 Å². The molecule has 0 saturated carbocycles. The van der Waals surface area contributed by atoms with Crippen LogP contribution in [0.2, 0.25) is 0 Å². The number of pyridine rings is 2. The summed E-state index contributed by atoms with van der Waals surface area (Å²) in [5.41, 5.74) is 3.77. The van der Waals surface area contributed by atoms with Gasteiger partial charge < -0.3 is 9.72 Å². The number of carbonyl (C=O) groups is 1. The summed E-state index contributed by atoms with van der Waals surface area (Å²) in [5, 5.41) is 1.99. The minimum Gasteiger partial charge on any atom is -0.343 e. The van der Waals surface area contributed by atoms with Crippen molar-refractivity contribution in [3.05, 3.63) is 83.4 Å². The highest BCUT2D eigenvalue weighted by molar-refractivity contribution is 5.84. The number of aryl methyl sites for hydroxylation is 1. The number of alkyl halides is 3. The highest BCUT2D eigenvalue weighted by Crippen LogP contribution is 2.26. The molecular formula is C26H23F3N6O2. The van der Waals surface area contributed by atoms with E-state index in [-0.39, 0.29) is 6.42 Å². The monoisotopic (exact) mass is 508 g/mol. The molecule has 0 saturated heterocycles. The van der Waals surface area contributed by atoms with Gasteiger partial charge >= 0.3 is 11.9 Å². The maximum atomic E-state index is 13.5. The van der Waals surface area contributed by atoms with Crippen molar-refractivity contribution in [2.24, 2.45) is 0 Å². The summed E-state index contributed by atoms with van der Waals surface area (Å²) >= 11 is 0. The number of rotatable bonds is 6. The molecule has 1 amide bonds. The van der Waals surface area contributed by atoms with Crippen molar-refractivity contribution in [3.8, 4) is 16.9 Å². The van der Waals surface area contributed by atoms with Crippen LogP contribution >= 0.6 is 0 Å². The SMILES string of the molecule is CCC(NC(=O)Cn1c(=O)n(-c2ccc(-c3cccn4cncc34)cn2)c2c(C)cccc21)C(F)(F)F. The largest absolute Gasteiger partial charge is 0.408 e. The summed E-state index contributed by atoms with van der Waals surface area (Å²) in [6, 6.07) is 10.6. The molecule has 8 nitrogen and oxygen atoms in total. The van der Waals surface area contributed by atoms with Gasteiger partial charge in [-0.2, -0.15) is 13.2 Å². The van der Waals surface area contributed by atoms with Gasteiger partial charge in [0.2, 0.25) is 5.91 Å². The van der Waals surface area contributed by atoms with Gasteiger partial charge in [0, 0.05) is 23.5 Å². The molecule has 1 atom stereocenters. The zero-order valence-corrected chi connectivity index (χ0v) is 20.0. The second-order valence-corrected chi connectivity index (χ2v) is 8.73. The third-order valence-corrected chi connectivity index (χ3v) is 6.33. The fourth-order valence-corrected chi connectivity index (χ4v) is 4.51. The number of nitrogens with zero attached hydrogens (tertiary/aromatic N) is 5. The van der Waals surface area contributed by atoms with Gasteiger partial charge in [-0.3, -0.25) is 9.36 Å². The lowest BCUT2D eigenvalue weighted by Gasteiger charge is -2.20. The Labute approximate surface area is 209 Å². The number of benzene rings is 1. The lowest BCUT2D eigenvalue weighted by atomic mass is 10.1. The van der Waals surface area contributed by atoms with Gasteiger partial charge in [0.25, 0.3) is 0 Å². The molecule has 4 heterocycles. The molecule has 5 aromatic rings. The molecule has 4 aromatic heterocycles. The average Bonchev–Trinajstić information content (AvgIpc) is 3.46. The van der Waals surface area contributed by atoms with Gasteiger partial charge in [-0.25, -0.2) is 19.3 Å². The number of carbonyl (C=O) groups excluding carboxylic acids is 1. The van der Waals surface area contributed by atoms with Crippen LogP contribution in [0.4, 0.5) is 13.2 Å². The van der Waals surface area contributed by atoms with Gasteiger partial charge in [-0.15, -0.1) is 0 Å². The Bertz CT molecular complexity index is 1660. The Morgan fingerprint density at radius 1 is 1.08 bits per heavy atom.